The fourth-order valence-corrected chi connectivity index (χ4v) is 2.70. The van der Waals surface area contributed by atoms with Crippen molar-refractivity contribution in [2.24, 2.45) is 5.73 Å². The van der Waals surface area contributed by atoms with Crippen molar-refractivity contribution in [3.63, 3.8) is 0 Å². The van der Waals surface area contributed by atoms with Crippen LogP contribution in [-0.2, 0) is 0 Å². The molecule has 0 aliphatic heterocycles. The molecule has 0 bridgehead atoms. The van der Waals surface area contributed by atoms with Crippen LogP contribution in [0.5, 0.6) is 0 Å². The van der Waals surface area contributed by atoms with E-state index in [2.05, 4.69) is 22.5 Å². The molecule has 2 N–H and O–H groups in total. The standard InChI is InChI=1S/C9H11N3S2/c1-2-7(10)9-12-11-8(14-9)6-3-4-13-5-6/h3-5,7H,2,10H2,1H3. The molecule has 2 rings (SSSR count). The number of hydrogen-bond donors (Lipinski definition) is 1. The smallest absolute Gasteiger partial charge is 0.148 e. The molecule has 0 aromatic carbocycles. The van der Waals surface area contributed by atoms with Gasteiger partial charge in [0, 0.05) is 10.9 Å². The molecule has 0 saturated carbocycles. The van der Waals surface area contributed by atoms with Crippen LogP contribution in [-0.4, -0.2) is 10.2 Å². The fraction of sp³-hybridized carbons (Fsp3) is 0.333. The van der Waals surface area contributed by atoms with Gasteiger partial charge >= 0.3 is 0 Å². The average molecular weight is 225 g/mol. The highest BCUT2D eigenvalue weighted by atomic mass is 32.1. The highest BCUT2D eigenvalue weighted by Gasteiger charge is 2.11. The van der Waals surface area contributed by atoms with E-state index in [0.29, 0.717) is 0 Å². The first kappa shape index (κ1) is 9.76. The van der Waals surface area contributed by atoms with E-state index in [1.807, 2.05) is 11.4 Å². The summed E-state index contributed by atoms with van der Waals surface area (Å²) in [6.45, 7) is 2.05. The van der Waals surface area contributed by atoms with Crippen molar-refractivity contribution in [3.8, 4) is 10.6 Å². The van der Waals surface area contributed by atoms with E-state index in [1.165, 1.54) is 0 Å². The molecule has 1 unspecified atom stereocenters. The van der Waals surface area contributed by atoms with Gasteiger partial charge in [0.1, 0.15) is 10.0 Å². The number of thiophene rings is 1. The monoisotopic (exact) mass is 225 g/mol. The van der Waals surface area contributed by atoms with Crippen LogP contribution in [0.15, 0.2) is 16.8 Å². The number of rotatable bonds is 3. The molecule has 0 spiro atoms. The van der Waals surface area contributed by atoms with Gasteiger partial charge in [-0.3, -0.25) is 0 Å². The summed E-state index contributed by atoms with van der Waals surface area (Å²) in [6.07, 6.45) is 0.901. The SMILES string of the molecule is CCC(N)c1nnc(-c2ccsc2)s1. The number of nitrogens with zero attached hydrogens (tertiary/aromatic N) is 2. The summed E-state index contributed by atoms with van der Waals surface area (Å²) in [4.78, 5) is 0. The molecule has 14 heavy (non-hydrogen) atoms. The summed E-state index contributed by atoms with van der Waals surface area (Å²) in [6, 6.07) is 2.08. The van der Waals surface area contributed by atoms with Crippen molar-refractivity contribution < 1.29 is 0 Å². The molecule has 2 heterocycles. The van der Waals surface area contributed by atoms with Crippen molar-refractivity contribution in [1.82, 2.24) is 10.2 Å². The molecule has 0 aliphatic rings. The molecule has 74 valence electrons. The lowest BCUT2D eigenvalue weighted by Crippen LogP contribution is -2.07. The first-order chi connectivity index (χ1) is 6.81. The van der Waals surface area contributed by atoms with E-state index >= 15 is 0 Å². The second kappa shape index (κ2) is 4.16. The molecule has 5 heteroatoms. The molecule has 3 nitrogen and oxygen atoms in total. The van der Waals surface area contributed by atoms with Crippen LogP contribution in [0.2, 0.25) is 0 Å². The van der Waals surface area contributed by atoms with E-state index in [0.717, 1.165) is 22.0 Å². The van der Waals surface area contributed by atoms with Crippen LogP contribution in [0.25, 0.3) is 10.6 Å². The van der Waals surface area contributed by atoms with Gasteiger partial charge in [0.15, 0.2) is 0 Å². The Labute approximate surface area is 90.6 Å². The maximum atomic E-state index is 5.87. The largest absolute Gasteiger partial charge is 0.322 e. The Balaban J connectivity index is 2.26. The average Bonchev–Trinajstić information content (AvgIpc) is 2.86. The Morgan fingerprint density at radius 1 is 1.50 bits per heavy atom. The first-order valence-corrected chi connectivity index (χ1v) is 6.18. The van der Waals surface area contributed by atoms with Crippen LogP contribution in [0.3, 0.4) is 0 Å². The first-order valence-electron chi connectivity index (χ1n) is 4.42. The van der Waals surface area contributed by atoms with Gasteiger partial charge in [-0.25, -0.2) is 0 Å². The van der Waals surface area contributed by atoms with E-state index in [9.17, 15) is 0 Å². The zero-order valence-corrected chi connectivity index (χ0v) is 9.44. The van der Waals surface area contributed by atoms with Gasteiger partial charge in [0.05, 0.1) is 6.04 Å². The normalized spacial score (nSPS) is 13.0. The molecule has 2 aromatic rings. The molecular weight excluding hydrogens is 214 g/mol. The van der Waals surface area contributed by atoms with Crippen molar-refractivity contribution >= 4 is 22.7 Å². The third kappa shape index (κ3) is 1.84. The quantitative estimate of drug-likeness (QED) is 0.873. The maximum Gasteiger partial charge on any atom is 0.148 e. The summed E-state index contributed by atoms with van der Waals surface area (Å²) >= 11 is 3.25. The van der Waals surface area contributed by atoms with E-state index < -0.39 is 0 Å². The van der Waals surface area contributed by atoms with E-state index in [-0.39, 0.29) is 6.04 Å². The lowest BCUT2D eigenvalue weighted by atomic mass is 10.3. The molecule has 0 fully saturated rings. The Morgan fingerprint density at radius 2 is 2.36 bits per heavy atom. The lowest BCUT2D eigenvalue weighted by molar-refractivity contribution is 0.683. The minimum Gasteiger partial charge on any atom is -0.322 e. The van der Waals surface area contributed by atoms with Crippen molar-refractivity contribution in [1.29, 1.82) is 0 Å². The van der Waals surface area contributed by atoms with Gasteiger partial charge < -0.3 is 5.73 Å². The van der Waals surface area contributed by atoms with Gasteiger partial charge in [0.2, 0.25) is 0 Å². The maximum absolute atomic E-state index is 5.87. The van der Waals surface area contributed by atoms with Crippen molar-refractivity contribution in [2.45, 2.75) is 19.4 Å². The summed E-state index contributed by atoms with van der Waals surface area (Å²) in [5, 5.41) is 14.2. The van der Waals surface area contributed by atoms with E-state index in [1.54, 1.807) is 22.7 Å². The van der Waals surface area contributed by atoms with Crippen molar-refractivity contribution in [3.05, 3.63) is 21.8 Å². The zero-order chi connectivity index (χ0) is 9.97. The van der Waals surface area contributed by atoms with Crippen LogP contribution in [0.1, 0.15) is 24.4 Å². The van der Waals surface area contributed by atoms with Gasteiger partial charge in [-0.2, -0.15) is 11.3 Å². The highest BCUT2D eigenvalue weighted by Crippen LogP contribution is 2.28. The summed E-state index contributed by atoms with van der Waals surface area (Å²) in [5.74, 6) is 0. The molecular formula is C9H11N3S2. The highest BCUT2D eigenvalue weighted by molar-refractivity contribution is 7.15. The Hall–Kier alpha value is -0.780. The number of nitrogens with two attached hydrogens (primary N) is 1. The van der Waals surface area contributed by atoms with Crippen LogP contribution in [0.4, 0.5) is 0 Å². The summed E-state index contributed by atoms with van der Waals surface area (Å²) in [7, 11) is 0. The number of aromatic nitrogens is 2. The van der Waals surface area contributed by atoms with Crippen LogP contribution >= 0.6 is 22.7 Å². The fourth-order valence-electron chi connectivity index (χ4n) is 1.06. The molecule has 2 aromatic heterocycles. The lowest BCUT2D eigenvalue weighted by Gasteiger charge is -2.00. The van der Waals surface area contributed by atoms with E-state index in [4.69, 9.17) is 5.73 Å². The second-order valence-corrected chi connectivity index (χ2v) is 4.76. The molecule has 0 amide bonds. The van der Waals surface area contributed by atoms with Gasteiger partial charge in [-0.05, 0) is 17.9 Å². The summed E-state index contributed by atoms with van der Waals surface area (Å²) in [5.41, 5.74) is 7.01. The van der Waals surface area contributed by atoms with Gasteiger partial charge in [-0.1, -0.05) is 18.3 Å². The Kier molecular flexibility index (Phi) is 2.90. The molecule has 0 radical (unpaired) electrons. The third-order valence-electron chi connectivity index (χ3n) is 1.97. The summed E-state index contributed by atoms with van der Waals surface area (Å²) < 4.78 is 0. The number of hydrogen-bond acceptors (Lipinski definition) is 5. The minimum atomic E-state index is 0.0277. The Bertz CT molecular complexity index is 394. The zero-order valence-electron chi connectivity index (χ0n) is 7.80. The van der Waals surface area contributed by atoms with Gasteiger partial charge in [0.25, 0.3) is 0 Å². The predicted octanol–water partition coefficient (Wildman–Crippen LogP) is 2.68. The van der Waals surface area contributed by atoms with Crippen LogP contribution < -0.4 is 5.73 Å². The second-order valence-electron chi connectivity index (χ2n) is 2.97. The Morgan fingerprint density at radius 3 is 3.00 bits per heavy atom. The third-order valence-corrected chi connectivity index (χ3v) is 3.75. The van der Waals surface area contributed by atoms with Gasteiger partial charge in [-0.15, -0.1) is 10.2 Å². The van der Waals surface area contributed by atoms with Crippen molar-refractivity contribution in [2.75, 3.05) is 0 Å². The molecule has 0 saturated heterocycles. The minimum absolute atomic E-state index is 0.0277. The predicted molar refractivity (Wildman–Crippen MR) is 60.4 cm³/mol. The van der Waals surface area contributed by atoms with Crippen LogP contribution in [0, 0.1) is 0 Å². The molecule has 0 aliphatic carbocycles. The molecule has 1 atom stereocenters. The topological polar surface area (TPSA) is 51.8 Å².